The summed E-state index contributed by atoms with van der Waals surface area (Å²) < 4.78 is 16.8. The van der Waals surface area contributed by atoms with Gasteiger partial charge in [0.05, 0.1) is 32.3 Å². The van der Waals surface area contributed by atoms with Crippen LogP contribution in [0.4, 0.5) is 10.6 Å². The topological polar surface area (TPSA) is 126 Å². The second kappa shape index (κ2) is 7.98. The molecule has 0 saturated carbocycles. The molecule has 5 heterocycles. The molecule has 1 atom stereocenters. The average Bonchev–Trinajstić information content (AvgIpc) is 3.53. The second-order valence-electron chi connectivity index (χ2n) is 8.75. The number of aromatic nitrogens is 1. The third-order valence-electron chi connectivity index (χ3n) is 6.72. The van der Waals surface area contributed by atoms with Gasteiger partial charge in [-0.15, -0.1) is 0 Å². The number of carbonyl (C=O) groups is 3. The van der Waals surface area contributed by atoms with E-state index in [0.29, 0.717) is 49.7 Å². The third-order valence-corrected chi connectivity index (χ3v) is 6.72. The Hall–Kier alpha value is -4.12. The summed E-state index contributed by atoms with van der Waals surface area (Å²) in [5.41, 5.74) is 0.275. The zero-order valence-corrected chi connectivity index (χ0v) is 19.0. The summed E-state index contributed by atoms with van der Waals surface area (Å²) in [7, 11) is 1.54. The molecule has 1 unspecified atom stereocenters. The molecule has 6 rings (SSSR count). The molecule has 3 aliphatic heterocycles. The van der Waals surface area contributed by atoms with Crippen molar-refractivity contribution in [1.29, 1.82) is 0 Å². The molecule has 0 radical (unpaired) electrons. The van der Waals surface area contributed by atoms with Gasteiger partial charge in [-0.1, -0.05) is 6.07 Å². The van der Waals surface area contributed by atoms with Crippen molar-refractivity contribution in [2.75, 3.05) is 44.9 Å². The van der Waals surface area contributed by atoms with E-state index in [4.69, 9.17) is 13.9 Å². The fraction of sp³-hybridized carbons (Fsp3) is 0.333. The minimum Gasteiger partial charge on any atom is -0.497 e. The number of rotatable bonds is 5. The molecular formula is C24H23N5O6. The number of pyridine rings is 1. The first-order chi connectivity index (χ1) is 17.0. The first-order valence-electron chi connectivity index (χ1n) is 11.3. The molecule has 2 saturated heterocycles. The van der Waals surface area contributed by atoms with Gasteiger partial charge in [0.15, 0.2) is 5.54 Å². The number of urea groups is 1. The lowest BCUT2D eigenvalue weighted by atomic mass is 9.95. The summed E-state index contributed by atoms with van der Waals surface area (Å²) >= 11 is 0. The van der Waals surface area contributed by atoms with Crippen LogP contribution in [0, 0.1) is 0 Å². The average molecular weight is 477 g/mol. The Morgan fingerprint density at radius 3 is 2.71 bits per heavy atom. The van der Waals surface area contributed by atoms with E-state index in [1.54, 1.807) is 30.5 Å². The van der Waals surface area contributed by atoms with E-state index in [0.717, 1.165) is 16.8 Å². The van der Waals surface area contributed by atoms with Crippen molar-refractivity contribution in [1.82, 2.24) is 20.5 Å². The molecule has 0 aliphatic carbocycles. The van der Waals surface area contributed by atoms with Gasteiger partial charge in [-0.05, 0) is 29.8 Å². The van der Waals surface area contributed by atoms with Crippen LogP contribution >= 0.6 is 0 Å². The molecule has 2 aromatic heterocycles. The standard InChI is InChI=1S/C24H23N5O6/c1-33-15-3-2-14-12-29(21(30)16(14)10-15)13-24(22(31)26-23(32)27-24)19-11-17-18(35-19)4-5-25-20(17)28-6-8-34-9-7-28/h2-5,10-11H,6-9,12-13H2,1H3,(H2,26,27,31,32). The fourth-order valence-corrected chi connectivity index (χ4v) is 4.92. The van der Waals surface area contributed by atoms with E-state index in [2.05, 4.69) is 20.5 Å². The summed E-state index contributed by atoms with van der Waals surface area (Å²) in [4.78, 5) is 46.8. The maximum atomic E-state index is 13.2. The number of morpholine rings is 1. The van der Waals surface area contributed by atoms with Crippen LogP contribution in [0.2, 0.25) is 0 Å². The SMILES string of the molecule is COc1ccc2c(c1)C(=O)N(CC1(c3cc4c(N5CCOCC5)nccc4o3)NC(=O)NC1=O)C2. The Morgan fingerprint density at radius 2 is 1.97 bits per heavy atom. The molecule has 35 heavy (non-hydrogen) atoms. The van der Waals surface area contributed by atoms with Crippen LogP contribution in [0.3, 0.4) is 0 Å². The first kappa shape index (κ1) is 21.4. The van der Waals surface area contributed by atoms with Crippen LogP contribution < -0.4 is 20.3 Å². The van der Waals surface area contributed by atoms with E-state index >= 15 is 0 Å². The molecule has 0 bridgehead atoms. The van der Waals surface area contributed by atoms with Crippen LogP contribution in [0.15, 0.2) is 40.9 Å². The molecule has 2 fully saturated rings. The Bertz CT molecular complexity index is 1360. The van der Waals surface area contributed by atoms with Crippen molar-refractivity contribution in [3.05, 3.63) is 53.4 Å². The van der Waals surface area contributed by atoms with E-state index in [1.165, 1.54) is 12.0 Å². The molecular weight excluding hydrogens is 454 g/mol. The number of fused-ring (bicyclic) bond motifs is 2. The van der Waals surface area contributed by atoms with Crippen LogP contribution in [0.25, 0.3) is 11.0 Å². The number of nitrogens with one attached hydrogen (secondary N) is 2. The lowest BCUT2D eigenvalue weighted by molar-refractivity contribution is -0.125. The maximum Gasteiger partial charge on any atom is 0.322 e. The molecule has 11 nitrogen and oxygen atoms in total. The number of methoxy groups -OCH3 is 1. The van der Waals surface area contributed by atoms with Gasteiger partial charge in [0.25, 0.3) is 11.8 Å². The van der Waals surface area contributed by atoms with Crippen LogP contribution in [-0.4, -0.2) is 67.7 Å². The van der Waals surface area contributed by atoms with Gasteiger partial charge in [0, 0.05) is 31.4 Å². The van der Waals surface area contributed by atoms with Crippen molar-refractivity contribution in [2.24, 2.45) is 0 Å². The summed E-state index contributed by atoms with van der Waals surface area (Å²) in [5.74, 6) is 0.695. The summed E-state index contributed by atoms with van der Waals surface area (Å²) in [6.07, 6.45) is 1.65. The second-order valence-corrected chi connectivity index (χ2v) is 8.75. The van der Waals surface area contributed by atoms with Crippen LogP contribution in [0.5, 0.6) is 5.75 Å². The van der Waals surface area contributed by atoms with Crippen molar-refractivity contribution in [2.45, 2.75) is 12.1 Å². The van der Waals surface area contributed by atoms with Gasteiger partial charge in [-0.3, -0.25) is 14.9 Å². The zero-order valence-electron chi connectivity index (χ0n) is 19.0. The van der Waals surface area contributed by atoms with Gasteiger partial charge in [-0.2, -0.15) is 0 Å². The first-order valence-corrected chi connectivity index (χ1v) is 11.3. The normalized spacial score (nSPS) is 21.9. The fourth-order valence-electron chi connectivity index (χ4n) is 4.92. The minimum atomic E-state index is -1.58. The minimum absolute atomic E-state index is 0.0967. The van der Waals surface area contributed by atoms with Crippen molar-refractivity contribution in [3.63, 3.8) is 0 Å². The molecule has 0 spiro atoms. The molecule has 3 aromatic rings. The largest absolute Gasteiger partial charge is 0.497 e. The van der Waals surface area contributed by atoms with Crippen molar-refractivity contribution < 1.29 is 28.3 Å². The quantitative estimate of drug-likeness (QED) is 0.528. The van der Waals surface area contributed by atoms with E-state index in [9.17, 15) is 14.4 Å². The number of benzene rings is 1. The number of amides is 4. The molecule has 4 amide bonds. The highest BCUT2D eigenvalue weighted by Crippen LogP contribution is 2.37. The number of carbonyl (C=O) groups excluding carboxylic acids is 3. The summed E-state index contributed by atoms with van der Waals surface area (Å²) in [6, 6.07) is 8.10. The highest BCUT2D eigenvalue weighted by atomic mass is 16.5. The van der Waals surface area contributed by atoms with Gasteiger partial charge < -0.3 is 29.0 Å². The van der Waals surface area contributed by atoms with E-state index in [1.807, 2.05) is 6.07 Å². The van der Waals surface area contributed by atoms with Crippen LogP contribution in [0.1, 0.15) is 21.7 Å². The lowest BCUT2D eigenvalue weighted by Crippen LogP contribution is -2.52. The number of nitrogens with zero attached hydrogens (tertiary/aromatic N) is 3. The number of hydrogen-bond donors (Lipinski definition) is 2. The highest BCUT2D eigenvalue weighted by molar-refractivity contribution is 6.08. The van der Waals surface area contributed by atoms with Gasteiger partial charge in [-0.25, -0.2) is 9.78 Å². The predicted molar refractivity (Wildman–Crippen MR) is 123 cm³/mol. The Balaban J connectivity index is 1.39. The summed E-state index contributed by atoms with van der Waals surface area (Å²) in [6.45, 7) is 2.74. The number of ether oxygens (including phenoxy) is 2. The van der Waals surface area contributed by atoms with Crippen LogP contribution in [-0.2, 0) is 21.6 Å². The predicted octanol–water partition coefficient (Wildman–Crippen LogP) is 1.36. The molecule has 3 aliphatic rings. The van der Waals surface area contributed by atoms with E-state index < -0.39 is 17.5 Å². The van der Waals surface area contributed by atoms with Gasteiger partial charge in [0.1, 0.15) is 22.9 Å². The monoisotopic (exact) mass is 477 g/mol. The third kappa shape index (κ3) is 3.38. The van der Waals surface area contributed by atoms with Gasteiger partial charge in [0.2, 0.25) is 0 Å². The molecule has 2 N–H and O–H groups in total. The Kier molecular flexibility index (Phi) is 4.88. The van der Waals surface area contributed by atoms with Gasteiger partial charge >= 0.3 is 6.03 Å². The number of hydrogen-bond acceptors (Lipinski definition) is 8. The smallest absolute Gasteiger partial charge is 0.322 e. The maximum absolute atomic E-state index is 13.2. The lowest BCUT2D eigenvalue weighted by Gasteiger charge is -2.29. The molecule has 1 aromatic carbocycles. The molecule has 11 heteroatoms. The highest BCUT2D eigenvalue weighted by Gasteiger charge is 2.53. The Labute approximate surface area is 200 Å². The Morgan fingerprint density at radius 1 is 1.14 bits per heavy atom. The number of anilines is 1. The van der Waals surface area contributed by atoms with Crippen molar-refractivity contribution in [3.8, 4) is 5.75 Å². The summed E-state index contributed by atoms with van der Waals surface area (Å²) in [5, 5.41) is 5.75. The molecule has 180 valence electrons. The van der Waals surface area contributed by atoms with E-state index in [-0.39, 0.29) is 18.2 Å². The number of furan rings is 1. The zero-order chi connectivity index (χ0) is 24.2. The van der Waals surface area contributed by atoms with Crippen molar-refractivity contribution >= 4 is 34.6 Å². The number of imide groups is 1.